The molecule has 0 atom stereocenters. The molecule has 0 amide bonds. The monoisotopic (exact) mass is 436 g/mol. The average Bonchev–Trinajstić information content (AvgIpc) is 3.29. The highest BCUT2D eigenvalue weighted by Gasteiger charge is 2.07. The van der Waals surface area contributed by atoms with E-state index in [0.717, 1.165) is 56.3 Å². The van der Waals surface area contributed by atoms with Gasteiger partial charge in [0.25, 0.3) is 0 Å². The molecule has 0 aliphatic heterocycles. The lowest BCUT2D eigenvalue weighted by Crippen LogP contribution is -1.90. The molecular weight excluding hydrogens is 388 g/mol. The molecule has 0 aromatic carbocycles. The van der Waals surface area contributed by atoms with E-state index in [0.29, 0.717) is 5.78 Å². The van der Waals surface area contributed by atoms with Gasteiger partial charge in [0.2, 0.25) is 0 Å². The van der Waals surface area contributed by atoms with Crippen molar-refractivity contribution in [3.05, 3.63) is 47.0 Å². The maximum Gasteiger partial charge on any atom is 0.335 e. The van der Waals surface area contributed by atoms with E-state index in [1.54, 1.807) is 18.2 Å². The highest BCUT2D eigenvalue weighted by molar-refractivity contribution is 5.91. The van der Waals surface area contributed by atoms with E-state index in [1.165, 1.54) is 12.3 Å². The fourth-order valence-electron chi connectivity index (χ4n) is 1.62. The number of hydrogen-bond acceptors (Lipinski definition) is 4. The molecule has 0 N–H and O–H groups in total. The van der Waals surface area contributed by atoms with E-state index < -0.39 is 0 Å². The number of ketones is 2. The van der Waals surface area contributed by atoms with Crippen LogP contribution in [0.4, 0.5) is 0 Å². The Bertz CT molecular complexity index is 562. The van der Waals surface area contributed by atoms with Gasteiger partial charge in [0.15, 0.2) is 5.78 Å². The lowest BCUT2D eigenvalue weighted by atomic mass is 10.3. The average molecular weight is 437 g/mol. The van der Waals surface area contributed by atoms with Crippen LogP contribution in [0.25, 0.3) is 0 Å². The summed E-state index contributed by atoms with van der Waals surface area (Å²) in [6.45, 7) is 19.5. The molecule has 180 valence electrons. The minimum absolute atomic E-state index is 0.273. The summed E-state index contributed by atoms with van der Waals surface area (Å²) in [5.41, 5.74) is -0.303. The Morgan fingerprint density at radius 2 is 1.16 bits per heavy atom. The molecule has 31 heavy (non-hydrogen) atoms. The van der Waals surface area contributed by atoms with Gasteiger partial charge in [0, 0.05) is 25.3 Å². The minimum atomic E-state index is -0.303. The summed E-state index contributed by atoms with van der Waals surface area (Å²) in [4.78, 5) is 30.5. The van der Waals surface area contributed by atoms with Crippen LogP contribution >= 0.6 is 0 Å². The number of allylic oxidation sites excluding steroid dienone is 2. The van der Waals surface area contributed by atoms with Crippen molar-refractivity contribution in [2.75, 3.05) is 0 Å². The Morgan fingerprint density at radius 1 is 0.710 bits per heavy atom. The van der Waals surface area contributed by atoms with Gasteiger partial charge in [-0.3, -0.25) is 9.59 Å². The first-order valence-corrected chi connectivity index (χ1v) is 11.6. The number of hydrogen-bond donors (Lipinski definition) is 0. The fraction of sp³-hybridized carbons (Fsp3) is 0.667. The number of carbonyl (C=O) groups is 2. The molecule has 4 nitrogen and oxygen atoms in total. The smallest absolute Gasteiger partial charge is 0.335 e. The second kappa shape index (κ2) is 24.3. The summed E-state index contributed by atoms with van der Waals surface area (Å²) in [6.07, 6.45) is 10.6. The van der Waals surface area contributed by atoms with Crippen LogP contribution in [-0.2, 0) is 9.59 Å². The summed E-state index contributed by atoms with van der Waals surface area (Å²) in [7, 11) is 0. The van der Waals surface area contributed by atoms with E-state index >= 15 is 0 Å². The Hall–Kier alpha value is -1.97. The molecule has 2 aliphatic carbocycles. The van der Waals surface area contributed by atoms with Crippen LogP contribution < -0.4 is 5.63 Å². The Labute approximate surface area is 191 Å². The van der Waals surface area contributed by atoms with Crippen molar-refractivity contribution >= 4 is 11.6 Å². The lowest BCUT2D eigenvalue weighted by Gasteiger charge is -1.79. The molecule has 0 bridgehead atoms. The van der Waals surface area contributed by atoms with Crippen LogP contribution in [0.5, 0.6) is 0 Å². The van der Waals surface area contributed by atoms with Gasteiger partial charge >= 0.3 is 5.63 Å². The Balaban J connectivity index is -0.000000309. The summed E-state index contributed by atoms with van der Waals surface area (Å²) in [5.74, 6) is 3.23. The summed E-state index contributed by atoms with van der Waals surface area (Å²) >= 11 is 0. The van der Waals surface area contributed by atoms with Crippen LogP contribution in [0.15, 0.2) is 45.8 Å². The Kier molecular flexibility index (Phi) is 26.4. The van der Waals surface area contributed by atoms with Gasteiger partial charge in [0.1, 0.15) is 5.78 Å². The predicted octanol–water partition coefficient (Wildman–Crippen LogP) is 7.66. The zero-order valence-electron chi connectivity index (χ0n) is 21.6. The number of Topliss-reactive ketones (excluding diaryl/α,β-unsaturated/α-hetero) is 1. The third kappa shape index (κ3) is 47.3. The number of carbonyl (C=O) groups excluding carboxylic acids is 2. The van der Waals surface area contributed by atoms with Crippen molar-refractivity contribution in [3.8, 4) is 0 Å². The molecule has 0 radical (unpaired) electrons. The van der Waals surface area contributed by atoms with Gasteiger partial charge in [-0.25, -0.2) is 4.79 Å². The van der Waals surface area contributed by atoms with Crippen LogP contribution in [0.1, 0.15) is 101 Å². The second-order valence-electron chi connectivity index (χ2n) is 9.47. The predicted molar refractivity (Wildman–Crippen MR) is 133 cm³/mol. The molecular formula is C27H48O4. The van der Waals surface area contributed by atoms with Crippen LogP contribution in [-0.4, -0.2) is 11.6 Å². The maximum atomic E-state index is 10.2. The summed E-state index contributed by atoms with van der Waals surface area (Å²) in [5, 5.41) is 0. The highest BCUT2D eigenvalue weighted by Crippen LogP contribution is 2.11. The third-order valence-electron chi connectivity index (χ3n) is 2.63. The fourth-order valence-corrected chi connectivity index (χ4v) is 1.62. The minimum Gasteiger partial charge on any atom is -0.431 e. The zero-order valence-corrected chi connectivity index (χ0v) is 21.6. The highest BCUT2D eigenvalue weighted by atomic mass is 16.4. The molecule has 0 spiro atoms. The molecule has 4 heteroatoms. The summed E-state index contributed by atoms with van der Waals surface area (Å²) in [6, 6.07) is 4.65. The van der Waals surface area contributed by atoms with Crippen molar-refractivity contribution in [1.29, 1.82) is 0 Å². The van der Waals surface area contributed by atoms with Gasteiger partial charge in [0.05, 0.1) is 6.26 Å². The van der Waals surface area contributed by atoms with E-state index in [-0.39, 0.29) is 11.4 Å². The Morgan fingerprint density at radius 3 is 1.29 bits per heavy atom. The van der Waals surface area contributed by atoms with Gasteiger partial charge in [-0.2, -0.15) is 0 Å². The molecule has 1 fully saturated rings. The van der Waals surface area contributed by atoms with Crippen molar-refractivity contribution in [1.82, 2.24) is 0 Å². The first-order valence-electron chi connectivity index (χ1n) is 11.6. The van der Waals surface area contributed by atoms with Gasteiger partial charge in [-0.05, 0) is 49.2 Å². The van der Waals surface area contributed by atoms with E-state index in [2.05, 4.69) is 66.7 Å². The lowest BCUT2D eigenvalue weighted by molar-refractivity contribution is -0.117. The van der Waals surface area contributed by atoms with E-state index in [9.17, 15) is 14.4 Å². The first-order chi connectivity index (χ1) is 14.4. The van der Waals surface area contributed by atoms with Crippen LogP contribution in [0, 0.1) is 17.8 Å². The second-order valence-corrected chi connectivity index (χ2v) is 9.47. The molecule has 1 aromatic heterocycles. The third-order valence-corrected chi connectivity index (χ3v) is 2.63. The van der Waals surface area contributed by atoms with Gasteiger partial charge in [-0.1, -0.05) is 74.5 Å². The van der Waals surface area contributed by atoms with E-state index in [4.69, 9.17) is 0 Å². The SMILES string of the molecule is CC(C)C.CC(C)C.CC(C)C.O=C1C=CCC1.O=C1CCCC1.O=c1cccco1. The van der Waals surface area contributed by atoms with Crippen molar-refractivity contribution in [2.24, 2.45) is 17.8 Å². The van der Waals surface area contributed by atoms with Gasteiger partial charge in [-0.15, -0.1) is 0 Å². The molecule has 2 aliphatic rings. The van der Waals surface area contributed by atoms with Crippen molar-refractivity contribution < 1.29 is 14.0 Å². The quantitative estimate of drug-likeness (QED) is 0.418. The zero-order chi connectivity index (χ0) is 24.7. The summed E-state index contributed by atoms with van der Waals surface area (Å²) < 4.78 is 4.37. The largest absolute Gasteiger partial charge is 0.431 e. The van der Waals surface area contributed by atoms with Crippen molar-refractivity contribution in [3.63, 3.8) is 0 Å². The normalized spacial score (nSPS) is 13.5. The standard InChI is InChI=1S/C5H4O2.C5H8O.C5H6O.3C4H10/c6-5-3-1-2-4-7-5;2*6-5-3-1-2-4-5;3*1-4(2)3/h1-4H;1-4H2;1,3H,2,4H2;3*4H,1-3H3. The maximum absolute atomic E-state index is 10.2. The van der Waals surface area contributed by atoms with Gasteiger partial charge < -0.3 is 4.42 Å². The van der Waals surface area contributed by atoms with Crippen molar-refractivity contribution in [2.45, 2.75) is 101 Å². The first kappa shape index (κ1) is 33.7. The number of rotatable bonds is 0. The van der Waals surface area contributed by atoms with E-state index in [1.807, 2.05) is 6.08 Å². The van der Waals surface area contributed by atoms with Crippen LogP contribution in [0.3, 0.4) is 0 Å². The molecule has 1 saturated carbocycles. The molecule has 1 heterocycles. The topological polar surface area (TPSA) is 64.3 Å². The van der Waals surface area contributed by atoms with Crippen LogP contribution in [0.2, 0.25) is 0 Å². The molecule has 0 unspecified atom stereocenters. The molecule has 3 rings (SSSR count). The molecule has 0 saturated heterocycles. The molecule has 1 aromatic rings.